The van der Waals surface area contributed by atoms with Gasteiger partial charge in [-0.05, 0) is 30.5 Å². The molecule has 0 aliphatic carbocycles. The van der Waals surface area contributed by atoms with Crippen LogP contribution in [0.15, 0.2) is 28.7 Å². The van der Waals surface area contributed by atoms with Crippen LogP contribution < -0.4 is 5.32 Å². The van der Waals surface area contributed by atoms with Crippen LogP contribution in [-0.4, -0.2) is 29.8 Å². The maximum atomic E-state index is 11.8. The van der Waals surface area contributed by atoms with E-state index < -0.39 is 0 Å². The molecule has 2 rings (SSSR count). The van der Waals surface area contributed by atoms with Crippen LogP contribution in [-0.2, 0) is 16.1 Å². The van der Waals surface area contributed by atoms with E-state index in [1.54, 1.807) is 4.90 Å². The first kappa shape index (κ1) is 14.1. The van der Waals surface area contributed by atoms with Gasteiger partial charge in [-0.25, -0.2) is 0 Å². The average molecular weight is 325 g/mol. The van der Waals surface area contributed by atoms with Gasteiger partial charge in [-0.2, -0.15) is 0 Å². The van der Waals surface area contributed by atoms with Crippen LogP contribution in [0.1, 0.15) is 24.8 Å². The van der Waals surface area contributed by atoms with Gasteiger partial charge in [0.2, 0.25) is 11.8 Å². The van der Waals surface area contributed by atoms with Gasteiger partial charge in [0.15, 0.2) is 0 Å². The van der Waals surface area contributed by atoms with Crippen LogP contribution in [0.2, 0.25) is 0 Å². The van der Waals surface area contributed by atoms with Crippen molar-refractivity contribution in [2.45, 2.75) is 25.8 Å². The summed E-state index contributed by atoms with van der Waals surface area (Å²) < 4.78 is 0.991. The Morgan fingerprint density at radius 3 is 2.95 bits per heavy atom. The van der Waals surface area contributed by atoms with Crippen LogP contribution in [0.5, 0.6) is 0 Å². The van der Waals surface area contributed by atoms with Crippen molar-refractivity contribution in [2.24, 2.45) is 0 Å². The number of amides is 2. The SMILES string of the molecule is O=C(CN1CCCCC1=O)NCc1cccc(Br)c1. The third kappa shape index (κ3) is 4.35. The van der Waals surface area contributed by atoms with E-state index in [0.717, 1.165) is 22.9 Å². The normalized spacial score (nSPS) is 15.4. The van der Waals surface area contributed by atoms with Gasteiger partial charge in [0.25, 0.3) is 0 Å². The number of carbonyl (C=O) groups excluding carboxylic acids is 2. The fourth-order valence-corrected chi connectivity index (χ4v) is 2.55. The average Bonchev–Trinajstić information content (AvgIpc) is 2.39. The van der Waals surface area contributed by atoms with E-state index in [9.17, 15) is 9.59 Å². The van der Waals surface area contributed by atoms with Crippen LogP contribution >= 0.6 is 15.9 Å². The zero-order valence-electron chi connectivity index (χ0n) is 10.7. The predicted molar refractivity (Wildman–Crippen MR) is 76.4 cm³/mol. The number of carbonyl (C=O) groups is 2. The number of nitrogens with zero attached hydrogens (tertiary/aromatic N) is 1. The number of hydrogen-bond acceptors (Lipinski definition) is 2. The highest BCUT2D eigenvalue weighted by Gasteiger charge is 2.20. The summed E-state index contributed by atoms with van der Waals surface area (Å²) in [4.78, 5) is 25.0. The van der Waals surface area contributed by atoms with Crippen molar-refractivity contribution in [1.29, 1.82) is 0 Å². The van der Waals surface area contributed by atoms with Crippen molar-refractivity contribution >= 4 is 27.7 Å². The highest BCUT2D eigenvalue weighted by Crippen LogP contribution is 2.12. The molecule has 5 heteroatoms. The molecule has 0 spiro atoms. The molecule has 2 amide bonds. The van der Waals surface area contributed by atoms with Gasteiger partial charge < -0.3 is 10.2 Å². The van der Waals surface area contributed by atoms with Gasteiger partial charge in [-0.15, -0.1) is 0 Å². The van der Waals surface area contributed by atoms with Gasteiger partial charge in [-0.1, -0.05) is 28.1 Å². The van der Waals surface area contributed by atoms with E-state index in [1.807, 2.05) is 24.3 Å². The summed E-state index contributed by atoms with van der Waals surface area (Å²) in [6.07, 6.45) is 2.50. The molecule has 0 atom stereocenters. The number of nitrogens with one attached hydrogen (secondary N) is 1. The molecule has 1 N–H and O–H groups in total. The summed E-state index contributed by atoms with van der Waals surface area (Å²) in [7, 11) is 0. The lowest BCUT2D eigenvalue weighted by Crippen LogP contribution is -2.42. The van der Waals surface area contributed by atoms with Crippen molar-refractivity contribution in [3.63, 3.8) is 0 Å². The van der Waals surface area contributed by atoms with E-state index in [0.29, 0.717) is 19.5 Å². The Labute approximate surface area is 121 Å². The first-order valence-electron chi connectivity index (χ1n) is 6.44. The van der Waals surface area contributed by atoms with E-state index in [-0.39, 0.29) is 18.4 Å². The molecule has 0 unspecified atom stereocenters. The molecule has 0 radical (unpaired) electrons. The predicted octanol–water partition coefficient (Wildman–Crippen LogP) is 2.08. The molecule has 1 fully saturated rings. The monoisotopic (exact) mass is 324 g/mol. The smallest absolute Gasteiger partial charge is 0.239 e. The molecule has 1 aliphatic rings. The molecule has 1 saturated heterocycles. The second-order valence-electron chi connectivity index (χ2n) is 4.68. The van der Waals surface area contributed by atoms with Crippen LogP contribution in [0.4, 0.5) is 0 Å². The molecule has 4 nitrogen and oxygen atoms in total. The molecule has 1 aliphatic heterocycles. The molecule has 19 heavy (non-hydrogen) atoms. The van der Waals surface area contributed by atoms with Crippen molar-refractivity contribution in [1.82, 2.24) is 10.2 Å². The summed E-state index contributed by atoms with van der Waals surface area (Å²) in [6.45, 7) is 1.36. The summed E-state index contributed by atoms with van der Waals surface area (Å²) in [5, 5.41) is 2.84. The zero-order valence-corrected chi connectivity index (χ0v) is 12.3. The Morgan fingerprint density at radius 1 is 1.37 bits per heavy atom. The minimum atomic E-state index is -0.102. The second-order valence-corrected chi connectivity index (χ2v) is 5.59. The quantitative estimate of drug-likeness (QED) is 0.921. The molecule has 1 aromatic rings. The Hall–Kier alpha value is -1.36. The second kappa shape index (κ2) is 6.70. The van der Waals surface area contributed by atoms with Crippen molar-refractivity contribution in [3.05, 3.63) is 34.3 Å². The third-order valence-corrected chi connectivity index (χ3v) is 3.63. The molecule has 102 valence electrons. The van der Waals surface area contributed by atoms with Crippen molar-refractivity contribution in [2.75, 3.05) is 13.1 Å². The Morgan fingerprint density at radius 2 is 2.21 bits per heavy atom. The van der Waals surface area contributed by atoms with Gasteiger partial charge in [0.1, 0.15) is 0 Å². The first-order valence-corrected chi connectivity index (χ1v) is 7.23. The van der Waals surface area contributed by atoms with Crippen LogP contribution in [0.25, 0.3) is 0 Å². The number of benzene rings is 1. The number of hydrogen-bond donors (Lipinski definition) is 1. The van der Waals surface area contributed by atoms with E-state index in [1.165, 1.54) is 0 Å². The van der Waals surface area contributed by atoms with Gasteiger partial charge in [0, 0.05) is 24.0 Å². The molecular formula is C14H17BrN2O2. The number of halogens is 1. The number of piperidine rings is 1. The van der Waals surface area contributed by atoms with Crippen molar-refractivity contribution in [3.8, 4) is 0 Å². The van der Waals surface area contributed by atoms with Gasteiger partial charge in [0.05, 0.1) is 6.54 Å². The maximum absolute atomic E-state index is 11.8. The zero-order chi connectivity index (χ0) is 13.7. The summed E-state index contributed by atoms with van der Waals surface area (Å²) in [6, 6.07) is 7.79. The molecule has 1 heterocycles. The Balaban J connectivity index is 1.79. The minimum absolute atomic E-state index is 0.0869. The molecular weight excluding hydrogens is 308 g/mol. The molecule has 0 saturated carbocycles. The fourth-order valence-electron chi connectivity index (χ4n) is 2.11. The Kier molecular flexibility index (Phi) is 4.96. The molecule has 0 aromatic heterocycles. The van der Waals surface area contributed by atoms with E-state index >= 15 is 0 Å². The van der Waals surface area contributed by atoms with Crippen molar-refractivity contribution < 1.29 is 9.59 Å². The van der Waals surface area contributed by atoms with Gasteiger partial charge in [-0.3, -0.25) is 9.59 Å². The minimum Gasteiger partial charge on any atom is -0.350 e. The van der Waals surface area contributed by atoms with E-state index in [4.69, 9.17) is 0 Å². The fraction of sp³-hybridized carbons (Fsp3) is 0.429. The van der Waals surface area contributed by atoms with Crippen LogP contribution in [0.3, 0.4) is 0 Å². The highest BCUT2D eigenvalue weighted by molar-refractivity contribution is 9.10. The lowest BCUT2D eigenvalue weighted by Gasteiger charge is -2.25. The van der Waals surface area contributed by atoms with Crippen LogP contribution in [0, 0.1) is 0 Å². The summed E-state index contributed by atoms with van der Waals surface area (Å²) in [5.74, 6) is -0.0147. The highest BCUT2D eigenvalue weighted by atomic mass is 79.9. The topological polar surface area (TPSA) is 49.4 Å². The maximum Gasteiger partial charge on any atom is 0.239 e. The lowest BCUT2D eigenvalue weighted by atomic mass is 10.1. The third-order valence-electron chi connectivity index (χ3n) is 3.13. The van der Waals surface area contributed by atoms with E-state index in [2.05, 4.69) is 21.2 Å². The standard InChI is InChI=1S/C14H17BrN2O2/c15-12-5-3-4-11(8-12)9-16-13(18)10-17-7-2-1-6-14(17)19/h3-5,8H,1-2,6-7,9-10H2,(H,16,18). The van der Waals surface area contributed by atoms with Gasteiger partial charge >= 0.3 is 0 Å². The largest absolute Gasteiger partial charge is 0.350 e. The summed E-state index contributed by atoms with van der Waals surface area (Å²) in [5.41, 5.74) is 1.03. The summed E-state index contributed by atoms with van der Waals surface area (Å²) >= 11 is 3.39. The molecule has 1 aromatic carbocycles. The number of rotatable bonds is 4. The Bertz CT molecular complexity index is 476. The molecule has 0 bridgehead atoms. The lowest BCUT2D eigenvalue weighted by molar-refractivity contribution is -0.137. The first-order chi connectivity index (χ1) is 9.15. The number of likely N-dealkylation sites (tertiary alicyclic amines) is 1.